The molecule has 0 aromatic carbocycles. The van der Waals surface area contributed by atoms with E-state index in [-0.39, 0.29) is 12.5 Å². The van der Waals surface area contributed by atoms with Gasteiger partial charge in [-0.05, 0) is 84.0 Å². The summed E-state index contributed by atoms with van der Waals surface area (Å²) in [6.07, 6.45) is 14.4. The van der Waals surface area contributed by atoms with E-state index in [1.165, 1.54) is 24.3 Å². The van der Waals surface area contributed by atoms with Crippen molar-refractivity contribution in [3.8, 4) is 0 Å². The Bertz CT molecular complexity index is 775. The SMILES string of the molecule is C/C=C(\CC(C/C=C(\C)Cl)O/C(C)=C/N1CCN(CCCSC)CC1)CN1CCC(CCC(=O)OF)CC1. The number of hydrogen-bond donors (Lipinski definition) is 0. The van der Waals surface area contributed by atoms with Crippen molar-refractivity contribution in [1.82, 2.24) is 14.7 Å². The Morgan fingerprint density at radius 1 is 1.13 bits per heavy atom. The molecule has 2 aliphatic heterocycles. The highest BCUT2D eigenvalue weighted by Crippen LogP contribution is 2.25. The third-order valence-corrected chi connectivity index (χ3v) is 8.33. The fourth-order valence-corrected chi connectivity index (χ4v) is 5.72. The van der Waals surface area contributed by atoms with Gasteiger partial charge < -0.3 is 9.64 Å². The molecule has 2 rings (SSSR count). The van der Waals surface area contributed by atoms with E-state index in [0.29, 0.717) is 12.3 Å². The smallest absolute Gasteiger partial charge is 0.348 e. The molecule has 0 saturated carbocycles. The first-order valence-electron chi connectivity index (χ1n) is 14.1. The zero-order valence-corrected chi connectivity index (χ0v) is 25.5. The number of nitrogens with zero attached hydrogens (tertiary/aromatic N) is 3. The monoisotopic (exact) mass is 573 g/mol. The maximum Gasteiger partial charge on any atom is 0.348 e. The van der Waals surface area contributed by atoms with Gasteiger partial charge in [0.25, 0.3) is 0 Å². The predicted molar refractivity (Wildman–Crippen MR) is 158 cm³/mol. The second kappa shape index (κ2) is 19.0. The molecule has 0 aromatic rings. The summed E-state index contributed by atoms with van der Waals surface area (Å²) >= 11 is 8.09. The van der Waals surface area contributed by atoms with Crippen LogP contribution in [0.25, 0.3) is 0 Å². The lowest BCUT2D eigenvalue weighted by Gasteiger charge is -2.34. The average Bonchev–Trinajstić information content (AvgIpc) is 2.91. The summed E-state index contributed by atoms with van der Waals surface area (Å²) in [5.74, 6) is 1.88. The molecule has 0 amide bonds. The Morgan fingerprint density at radius 3 is 2.45 bits per heavy atom. The van der Waals surface area contributed by atoms with Gasteiger partial charge in [0.2, 0.25) is 0 Å². The van der Waals surface area contributed by atoms with E-state index in [1.54, 1.807) is 0 Å². The highest BCUT2D eigenvalue weighted by atomic mass is 35.5. The van der Waals surface area contributed by atoms with Gasteiger partial charge in [0.05, 0.1) is 0 Å². The van der Waals surface area contributed by atoms with Crippen LogP contribution in [0.1, 0.15) is 65.7 Å². The molecule has 0 radical (unpaired) electrons. The molecule has 9 heteroatoms. The molecule has 1 atom stereocenters. The molecule has 0 aromatic heterocycles. The highest BCUT2D eigenvalue weighted by molar-refractivity contribution is 7.98. The zero-order chi connectivity index (χ0) is 27.8. The number of piperazine rings is 1. The van der Waals surface area contributed by atoms with E-state index in [9.17, 15) is 9.32 Å². The van der Waals surface area contributed by atoms with Gasteiger partial charge in [0.1, 0.15) is 11.9 Å². The van der Waals surface area contributed by atoms with Gasteiger partial charge in [-0.3, -0.25) is 14.7 Å². The maximum absolute atomic E-state index is 12.0. The fraction of sp³-hybridized carbons (Fsp3) is 0.759. The summed E-state index contributed by atoms with van der Waals surface area (Å²) in [7, 11) is 0. The number of ether oxygens (including phenoxy) is 1. The normalized spacial score (nSPS) is 20.1. The minimum atomic E-state index is -0.760. The summed E-state index contributed by atoms with van der Waals surface area (Å²) in [4.78, 5) is 21.8. The molecule has 2 fully saturated rings. The minimum Gasteiger partial charge on any atom is -0.493 e. The van der Waals surface area contributed by atoms with Crippen molar-refractivity contribution in [2.75, 3.05) is 64.4 Å². The predicted octanol–water partition coefficient (Wildman–Crippen LogP) is 6.39. The number of rotatable bonds is 16. The van der Waals surface area contributed by atoms with Crippen LogP contribution >= 0.6 is 23.4 Å². The van der Waals surface area contributed by atoms with Gasteiger partial charge in [-0.2, -0.15) is 11.8 Å². The molecular formula is C29H49ClFN3O3S. The first kappa shape index (κ1) is 33.0. The van der Waals surface area contributed by atoms with Crippen molar-refractivity contribution >= 4 is 29.3 Å². The van der Waals surface area contributed by atoms with Crippen LogP contribution in [0, 0.1) is 5.92 Å². The minimum absolute atomic E-state index is 0.0308. The third-order valence-electron chi connectivity index (χ3n) is 7.48. The van der Waals surface area contributed by atoms with Gasteiger partial charge in [-0.1, -0.05) is 29.3 Å². The lowest BCUT2D eigenvalue weighted by Crippen LogP contribution is -2.44. The van der Waals surface area contributed by atoms with Crippen molar-refractivity contribution in [3.05, 3.63) is 34.7 Å². The van der Waals surface area contributed by atoms with E-state index in [2.05, 4.69) is 52.0 Å². The van der Waals surface area contributed by atoms with Crippen LogP contribution < -0.4 is 0 Å². The van der Waals surface area contributed by atoms with E-state index >= 15 is 0 Å². The molecule has 2 heterocycles. The third kappa shape index (κ3) is 13.7. The van der Waals surface area contributed by atoms with E-state index in [4.69, 9.17) is 16.3 Å². The summed E-state index contributed by atoms with van der Waals surface area (Å²) in [5.41, 5.74) is 1.36. The van der Waals surface area contributed by atoms with Crippen LogP contribution in [0.15, 0.2) is 34.7 Å². The van der Waals surface area contributed by atoms with E-state index in [1.807, 2.05) is 24.8 Å². The van der Waals surface area contributed by atoms with Crippen molar-refractivity contribution in [2.24, 2.45) is 5.92 Å². The topological polar surface area (TPSA) is 45.2 Å². The molecule has 6 nitrogen and oxygen atoms in total. The summed E-state index contributed by atoms with van der Waals surface area (Å²) < 4.78 is 18.4. The Labute approximate surface area is 239 Å². The van der Waals surface area contributed by atoms with E-state index < -0.39 is 5.97 Å². The molecular weight excluding hydrogens is 525 g/mol. The number of hydrogen-bond acceptors (Lipinski definition) is 7. The van der Waals surface area contributed by atoms with Crippen LogP contribution in [0.2, 0.25) is 0 Å². The van der Waals surface area contributed by atoms with Gasteiger partial charge in [0, 0.05) is 67.7 Å². The molecule has 38 heavy (non-hydrogen) atoms. The number of allylic oxidation sites excluding steroid dienone is 3. The second-order valence-electron chi connectivity index (χ2n) is 10.6. The average molecular weight is 574 g/mol. The Kier molecular flexibility index (Phi) is 16.5. The highest BCUT2D eigenvalue weighted by Gasteiger charge is 2.22. The fourth-order valence-electron chi connectivity index (χ4n) is 5.21. The van der Waals surface area contributed by atoms with Crippen LogP contribution in [0.4, 0.5) is 4.53 Å². The van der Waals surface area contributed by atoms with Crippen molar-refractivity contribution < 1.29 is 19.0 Å². The number of likely N-dealkylation sites (tertiary alicyclic amines) is 1. The molecule has 1 unspecified atom stereocenters. The number of piperidine rings is 1. The lowest BCUT2D eigenvalue weighted by molar-refractivity contribution is -0.184. The van der Waals surface area contributed by atoms with Crippen LogP contribution in [-0.2, 0) is 14.5 Å². The lowest BCUT2D eigenvalue weighted by atomic mass is 9.91. The van der Waals surface area contributed by atoms with Gasteiger partial charge in [-0.25, -0.2) is 4.79 Å². The second-order valence-corrected chi connectivity index (χ2v) is 12.2. The largest absolute Gasteiger partial charge is 0.493 e. The van der Waals surface area contributed by atoms with Crippen molar-refractivity contribution in [1.29, 1.82) is 0 Å². The van der Waals surface area contributed by atoms with Crippen molar-refractivity contribution in [3.63, 3.8) is 0 Å². The molecule has 0 spiro atoms. The van der Waals surface area contributed by atoms with E-state index in [0.717, 1.165) is 82.3 Å². The van der Waals surface area contributed by atoms with Gasteiger partial charge >= 0.3 is 5.97 Å². The maximum atomic E-state index is 12.0. The summed E-state index contributed by atoms with van der Waals surface area (Å²) in [6, 6.07) is 0. The first-order valence-corrected chi connectivity index (χ1v) is 15.9. The number of carbonyl (C=O) groups excluding carboxylic acids is 1. The van der Waals surface area contributed by atoms with Crippen LogP contribution in [0.5, 0.6) is 0 Å². The van der Waals surface area contributed by atoms with Crippen LogP contribution in [0.3, 0.4) is 0 Å². The van der Waals surface area contributed by atoms with Gasteiger partial charge in [0.15, 0.2) is 0 Å². The molecule has 0 aliphatic carbocycles. The number of carbonyl (C=O) groups is 1. The zero-order valence-electron chi connectivity index (χ0n) is 23.9. The molecule has 0 bridgehead atoms. The first-order chi connectivity index (χ1) is 18.3. The molecule has 2 aliphatic rings. The quantitative estimate of drug-likeness (QED) is 0.120. The summed E-state index contributed by atoms with van der Waals surface area (Å²) in [6.45, 7) is 14.4. The van der Waals surface area contributed by atoms with Gasteiger partial charge in [-0.15, -0.1) is 0 Å². The number of thioether (sulfide) groups is 1. The van der Waals surface area contributed by atoms with Crippen molar-refractivity contribution in [2.45, 2.75) is 71.8 Å². The Hall–Kier alpha value is -1.22. The Morgan fingerprint density at radius 2 is 1.84 bits per heavy atom. The summed E-state index contributed by atoms with van der Waals surface area (Å²) in [5, 5.41) is 0.790. The van der Waals surface area contributed by atoms with Crippen LogP contribution in [-0.4, -0.2) is 91.1 Å². The molecule has 218 valence electrons. The standard InChI is InChI=1S/C29H49ClFN3O3S/c1-5-26(23-33-14-11-27(12-15-33)8-10-29(35)37-31)21-28(9-7-24(2)30)36-25(3)22-34-18-16-32(17-19-34)13-6-20-38-4/h5,7,22,27-28H,6,8-21,23H2,1-4H3/b24-7+,25-22+,26-5+. The number of halogens is 2. The molecule has 2 saturated heterocycles. The molecule has 0 N–H and O–H groups in total. The Balaban J connectivity index is 1.84.